The SMILES string of the molecule is CC(=N)N1CCC(CCOc2cc(C(=O)N(C)C)cc(-c3cccc(C(=N)NC(=O)OCc4ccccc4)c3)c2)CC1. The lowest BCUT2D eigenvalue weighted by Gasteiger charge is -2.32. The molecule has 1 heterocycles. The van der Waals surface area contributed by atoms with Crippen LogP contribution in [0.25, 0.3) is 11.1 Å². The molecule has 1 saturated heterocycles. The fraction of sp³-hybridized carbons (Fsp3) is 0.333. The van der Waals surface area contributed by atoms with Gasteiger partial charge in [0.25, 0.3) is 5.91 Å². The average molecular weight is 570 g/mol. The molecule has 0 bridgehead atoms. The first-order valence-electron chi connectivity index (χ1n) is 14.2. The second-order valence-electron chi connectivity index (χ2n) is 10.7. The Bertz CT molecular complexity index is 1410. The highest BCUT2D eigenvalue weighted by atomic mass is 16.5. The van der Waals surface area contributed by atoms with Crippen molar-refractivity contribution < 1.29 is 19.1 Å². The maximum absolute atomic E-state index is 12.9. The predicted molar refractivity (Wildman–Crippen MR) is 164 cm³/mol. The summed E-state index contributed by atoms with van der Waals surface area (Å²) in [6, 6.07) is 22.1. The normalized spacial score (nSPS) is 13.3. The summed E-state index contributed by atoms with van der Waals surface area (Å²) in [4.78, 5) is 28.8. The van der Waals surface area contributed by atoms with E-state index in [-0.39, 0.29) is 18.3 Å². The molecule has 1 aliphatic heterocycles. The van der Waals surface area contributed by atoms with E-state index in [2.05, 4.69) is 10.2 Å². The van der Waals surface area contributed by atoms with Crippen molar-refractivity contribution in [2.75, 3.05) is 33.8 Å². The van der Waals surface area contributed by atoms with Gasteiger partial charge in [0.15, 0.2) is 0 Å². The van der Waals surface area contributed by atoms with Gasteiger partial charge in [0.05, 0.1) is 12.4 Å². The Balaban J connectivity index is 1.44. The van der Waals surface area contributed by atoms with Crippen LogP contribution in [-0.4, -0.2) is 67.3 Å². The zero-order valence-electron chi connectivity index (χ0n) is 24.5. The van der Waals surface area contributed by atoms with E-state index in [4.69, 9.17) is 20.3 Å². The average Bonchev–Trinajstić information content (AvgIpc) is 3.00. The number of carbonyl (C=O) groups is 2. The first-order valence-corrected chi connectivity index (χ1v) is 14.2. The first kappa shape index (κ1) is 30.3. The monoisotopic (exact) mass is 569 g/mol. The van der Waals surface area contributed by atoms with E-state index >= 15 is 0 Å². The van der Waals surface area contributed by atoms with Crippen molar-refractivity contribution in [3.05, 3.63) is 89.5 Å². The number of alkyl carbamates (subject to hydrolysis) is 1. The molecule has 4 rings (SSSR count). The lowest BCUT2D eigenvalue weighted by molar-refractivity contribution is 0.0827. The summed E-state index contributed by atoms with van der Waals surface area (Å²) in [5.74, 6) is 1.55. The first-order chi connectivity index (χ1) is 20.2. The summed E-state index contributed by atoms with van der Waals surface area (Å²) in [6.07, 6.45) is 2.28. The maximum Gasteiger partial charge on any atom is 0.413 e. The molecule has 0 aliphatic carbocycles. The quantitative estimate of drug-likeness (QED) is 0.223. The van der Waals surface area contributed by atoms with Crippen LogP contribution < -0.4 is 10.1 Å². The highest BCUT2D eigenvalue weighted by molar-refractivity contribution is 6.05. The number of amidine groups is 2. The van der Waals surface area contributed by atoms with Gasteiger partial charge in [-0.3, -0.25) is 20.9 Å². The summed E-state index contributed by atoms with van der Waals surface area (Å²) in [5.41, 5.74) is 3.42. The Morgan fingerprint density at radius 2 is 1.64 bits per heavy atom. The molecule has 3 aromatic rings. The molecule has 9 nitrogen and oxygen atoms in total. The van der Waals surface area contributed by atoms with Crippen LogP contribution in [0.2, 0.25) is 0 Å². The summed E-state index contributed by atoms with van der Waals surface area (Å²) < 4.78 is 11.4. The molecular formula is C33H39N5O4. The van der Waals surface area contributed by atoms with Crippen LogP contribution in [0.15, 0.2) is 72.8 Å². The third-order valence-electron chi connectivity index (χ3n) is 7.37. The van der Waals surface area contributed by atoms with Crippen molar-refractivity contribution >= 4 is 23.7 Å². The van der Waals surface area contributed by atoms with E-state index in [1.54, 1.807) is 38.4 Å². The molecule has 0 saturated carbocycles. The third-order valence-corrected chi connectivity index (χ3v) is 7.37. The number of hydrogen-bond donors (Lipinski definition) is 3. The largest absolute Gasteiger partial charge is 0.494 e. The zero-order chi connectivity index (χ0) is 30.1. The second kappa shape index (κ2) is 14.3. The van der Waals surface area contributed by atoms with E-state index < -0.39 is 6.09 Å². The molecular weight excluding hydrogens is 530 g/mol. The Labute approximate surface area is 247 Å². The van der Waals surface area contributed by atoms with E-state index in [1.807, 2.05) is 55.5 Å². The number of nitrogens with one attached hydrogen (secondary N) is 3. The van der Waals surface area contributed by atoms with Crippen LogP contribution in [0.4, 0.5) is 4.79 Å². The minimum atomic E-state index is -0.706. The van der Waals surface area contributed by atoms with Gasteiger partial charge in [-0.25, -0.2) is 4.79 Å². The molecule has 0 spiro atoms. The summed E-state index contributed by atoms with van der Waals surface area (Å²) in [5, 5.41) is 18.7. The minimum absolute atomic E-state index is 0.0869. The molecule has 1 fully saturated rings. The number of ether oxygens (including phenoxy) is 2. The number of hydrogen-bond acceptors (Lipinski definition) is 6. The highest BCUT2D eigenvalue weighted by Gasteiger charge is 2.20. The molecule has 220 valence electrons. The highest BCUT2D eigenvalue weighted by Crippen LogP contribution is 2.29. The number of rotatable bonds is 9. The topological polar surface area (TPSA) is 119 Å². The minimum Gasteiger partial charge on any atom is -0.494 e. The van der Waals surface area contributed by atoms with Crippen molar-refractivity contribution in [3.63, 3.8) is 0 Å². The van der Waals surface area contributed by atoms with Crippen molar-refractivity contribution in [3.8, 4) is 16.9 Å². The van der Waals surface area contributed by atoms with E-state index in [0.29, 0.717) is 35.2 Å². The standard InChI is InChI=1S/C33H39N5O4/c1-23(34)38-15-12-24(13-16-38)14-17-41-30-20-28(19-29(21-30)32(39)37(2)3)26-10-7-11-27(18-26)31(35)36-33(40)42-22-25-8-5-4-6-9-25/h4-11,18-21,24,34H,12-17,22H2,1-3H3,(H2,35,36,40). The van der Waals surface area contributed by atoms with E-state index in [9.17, 15) is 9.59 Å². The summed E-state index contributed by atoms with van der Waals surface area (Å²) in [7, 11) is 3.42. The molecule has 0 unspecified atom stereocenters. The molecule has 2 amide bonds. The van der Waals surface area contributed by atoms with Gasteiger partial charge in [0.1, 0.15) is 18.2 Å². The van der Waals surface area contributed by atoms with Crippen LogP contribution in [0.3, 0.4) is 0 Å². The molecule has 9 heteroatoms. The summed E-state index contributed by atoms with van der Waals surface area (Å²) >= 11 is 0. The van der Waals surface area contributed by atoms with E-state index in [1.165, 1.54) is 4.90 Å². The van der Waals surface area contributed by atoms with Gasteiger partial charge >= 0.3 is 6.09 Å². The molecule has 42 heavy (non-hydrogen) atoms. The fourth-order valence-electron chi connectivity index (χ4n) is 4.92. The lowest BCUT2D eigenvalue weighted by atomic mass is 9.94. The van der Waals surface area contributed by atoms with Gasteiger partial charge in [0.2, 0.25) is 0 Å². The predicted octanol–water partition coefficient (Wildman–Crippen LogP) is 5.79. The van der Waals surface area contributed by atoms with Crippen molar-refractivity contribution in [1.82, 2.24) is 15.1 Å². The molecule has 0 atom stereocenters. The van der Waals surface area contributed by atoms with Crippen LogP contribution in [0.1, 0.15) is 47.7 Å². The molecule has 3 aromatic carbocycles. The van der Waals surface area contributed by atoms with Gasteiger partial charge < -0.3 is 19.3 Å². The van der Waals surface area contributed by atoms with Crippen LogP contribution >= 0.6 is 0 Å². The smallest absolute Gasteiger partial charge is 0.413 e. The number of nitrogens with zero attached hydrogens (tertiary/aromatic N) is 2. The second-order valence-corrected chi connectivity index (χ2v) is 10.7. The Hall–Kier alpha value is -4.66. The number of benzene rings is 3. The van der Waals surface area contributed by atoms with Gasteiger partial charge in [-0.05, 0) is 73.1 Å². The van der Waals surface area contributed by atoms with E-state index in [0.717, 1.165) is 49.0 Å². The maximum atomic E-state index is 12.9. The number of piperidine rings is 1. The fourth-order valence-corrected chi connectivity index (χ4v) is 4.92. The molecule has 0 aromatic heterocycles. The van der Waals surface area contributed by atoms with Gasteiger partial charge in [-0.2, -0.15) is 0 Å². The van der Waals surface area contributed by atoms with Crippen LogP contribution in [-0.2, 0) is 11.3 Å². The number of likely N-dealkylation sites (tertiary alicyclic amines) is 1. The third kappa shape index (κ3) is 8.42. The van der Waals surface area contributed by atoms with Crippen molar-refractivity contribution in [2.24, 2.45) is 5.92 Å². The van der Waals surface area contributed by atoms with Gasteiger partial charge in [-0.1, -0.05) is 48.5 Å². The Morgan fingerprint density at radius 3 is 2.33 bits per heavy atom. The van der Waals surface area contributed by atoms with Gasteiger partial charge in [0, 0.05) is 38.3 Å². The molecule has 3 N–H and O–H groups in total. The Morgan fingerprint density at radius 1 is 0.929 bits per heavy atom. The molecule has 0 radical (unpaired) electrons. The van der Waals surface area contributed by atoms with Crippen LogP contribution in [0.5, 0.6) is 5.75 Å². The zero-order valence-corrected chi connectivity index (χ0v) is 24.5. The molecule has 1 aliphatic rings. The van der Waals surface area contributed by atoms with Crippen LogP contribution in [0, 0.1) is 16.7 Å². The van der Waals surface area contributed by atoms with Gasteiger partial charge in [-0.15, -0.1) is 0 Å². The summed E-state index contributed by atoms with van der Waals surface area (Å²) in [6.45, 7) is 4.29. The van der Waals surface area contributed by atoms with Crippen molar-refractivity contribution in [1.29, 1.82) is 10.8 Å². The Kier molecular flexibility index (Phi) is 10.3. The van der Waals surface area contributed by atoms with Crippen molar-refractivity contribution in [2.45, 2.75) is 32.8 Å². The lowest BCUT2D eigenvalue weighted by Crippen LogP contribution is -2.37. The number of carbonyl (C=O) groups excluding carboxylic acids is 2. The number of amides is 2.